The van der Waals surface area contributed by atoms with Gasteiger partial charge in [0.15, 0.2) is 6.54 Å². The van der Waals surface area contributed by atoms with Crippen LogP contribution in [0.15, 0.2) is 34.7 Å². The van der Waals surface area contributed by atoms with Crippen molar-refractivity contribution in [1.29, 1.82) is 0 Å². The van der Waals surface area contributed by atoms with Gasteiger partial charge in [0.05, 0.1) is 0 Å². The molecule has 6 heteroatoms. The lowest BCUT2D eigenvalue weighted by Gasteiger charge is -1.89. The predicted molar refractivity (Wildman–Crippen MR) is 59.7 cm³/mol. The third-order valence-corrected chi connectivity index (χ3v) is 1.90. The van der Waals surface area contributed by atoms with Crippen LogP contribution in [-0.2, 0) is 21.7 Å². The Labute approximate surface area is 95.4 Å². The third-order valence-electron chi connectivity index (χ3n) is 1.56. The van der Waals surface area contributed by atoms with Gasteiger partial charge in [-0.15, -0.1) is 0 Å². The predicted octanol–water partition coefficient (Wildman–Crippen LogP) is 1.38. The van der Waals surface area contributed by atoms with Gasteiger partial charge in [0.2, 0.25) is 0 Å². The number of hydrogen-bond acceptors (Lipinski definition) is 4. The van der Waals surface area contributed by atoms with Crippen LogP contribution in [0, 0.1) is 0 Å². The van der Waals surface area contributed by atoms with Crippen molar-refractivity contribution in [2.75, 3.05) is 6.54 Å². The minimum atomic E-state index is -2.59. The Hall–Kier alpha value is -1.69. The molecule has 1 N–H and O–H groups in total. The highest BCUT2D eigenvalue weighted by molar-refractivity contribution is 7.61. The van der Waals surface area contributed by atoms with Crippen LogP contribution < -0.4 is 0 Å². The van der Waals surface area contributed by atoms with Crippen LogP contribution in [0.3, 0.4) is 0 Å². The molecule has 0 spiro atoms. The van der Waals surface area contributed by atoms with Crippen LogP contribution in [-0.4, -0.2) is 26.0 Å². The fourth-order valence-electron chi connectivity index (χ4n) is 0.822. The van der Waals surface area contributed by atoms with Crippen LogP contribution in [0.25, 0.3) is 0 Å². The first-order valence-electron chi connectivity index (χ1n) is 4.58. The summed E-state index contributed by atoms with van der Waals surface area (Å²) in [5, 5.41) is 7.80. The molecule has 0 aliphatic heterocycles. The average Bonchev–Trinajstić information content (AvgIpc) is 2.28. The standard InChI is InChI=1S/C8H10.C2H3NO4S/c1-2-8-6-4-3-5-7-8;4-2(5)1-3-8(6)7/h3-7H,2H2,1H3;1H2,(H,4,5). The van der Waals surface area contributed by atoms with E-state index in [2.05, 4.69) is 35.6 Å². The molecule has 0 fully saturated rings. The highest BCUT2D eigenvalue weighted by Gasteiger charge is 1.89. The summed E-state index contributed by atoms with van der Waals surface area (Å²) < 4.78 is 21.6. The highest BCUT2D eigenvalue weighted by Crippen LogP contribution is 1.96. The van der Waals surface area contributed by atoms with Crippen LogP contribution in [0.4, 0.5) is 0 Å². The van der Waals surface area contributed by atoms with Crippen LogP contribution in [0.2, 0.25) is 0 Å². The lowest BCUT2D eigenvalue weighted by atomic mass is 10.2. The minimum absolute atomic E-state index is 0.684. The van der Waals surface area contributed by atoms with Crippen molar-refractivity contribution in [3.8, 4) is 0 Å². The fourth-order valence-corrected chi connectivity index (χ4v) is 1.04. The van der Waals surface area contributed by atoms with Gasteiger partial charge in [-0.1, -0.05) is 37.3 Å². The van der Waals surface area contributed by atoms with E-state index in [1.165, 1.54) is 5.56 Å². The number of nitrogens with zero attached hydrogens (tertiary/aromatic N) is 1. The van der Waals surface area contributed by atoms with Gasteiger partial charge in [0.25, 0.3) is 0 Å². The van der Waals surface area contributed by atoms with Crippen molar-refractivity contribution in [3.63, 3.8) is 0 Å². The summed E-state index contributed by atoms with van der Waals surface area (Å²) in [6.45, 7) is 1.48. The topological polar surface area (TPSA) is 83.8 Å². The lowest BCUT2D eigenvalue weighted by molar-refractivity contribution is -0.135. The molecule has 16 heavy (non-hydrogen) atoms. The van der Waals surface area contributed by atoms with Crippen molar-refractivity contribution in [1.82, 2.24) is 0 Å². The van der Waals surface area contributed by atoms with E-state index in [4.69, 9.17) is 5.11 Å². The number of carboxylic acids is 1. The summed E-state index contributed by atoms with van der Waals surface area (Å²) in [6.07, 6.45) is 1.14. The monoisotopic (exact) mass is 243 g/mol. The van der Waals surface area contributed by atoms with E-state index >= 15 is 0 Å². The maximum Gasteiger partial charge on any atom is 0.326 e. The van der Waals surface area contributed by atoms with Gasteiger partial charge in [0, 0.05) is 0 Å². The zero-order valence-corrected chi connectivity index (χ0v) is 9.64. The highest BCUT2D eigenvalue weighted by atomic mass is 32.2. The molecule has 0 aromatic heterocycles. The van der Waals surface area contributed by atoms with Crippen molar-refractivity contribution < 1.29 is 18.3 Å². The second kappa shape index (κ2) is 8.60. The normalized spacial score (nSPS) is 8.56. The fraction of sp³-hybridized carbons (Fsp3) is 0.300. The van der Waals surface area contributed by atoms with E-state index in [0.29, 0.717) is 0 Å². The van der Waals surface area contributed by atoms with E-state index in [1.807, 2.05) is 6.07 Å². The molecule has 0 heterocycles. The van der Waals surface area contributed by atoms with Gasteiger partial charge in [-0.05, 0) is 12.0 Å². The van der Waals surface area contributed by atoms with Gasteiger partial charge >= 0.3 is 16.5 Å². The maximum absolute atomic E-state index is 9.54. The second-order valence-corrected chi connectivity index (χ2v) is 3.43. The van der Waals surface area contributed by atoms with E-state index < -0.39 is 23.0 Å². The number of rotatable bonds is 3. The van der Waals surface area contributed by atoms with Crippen LogP contribution >= 0.6 is 0 Å². The Kier molecular flexibility index (Phi) is 7.70. The molecule has 0 aliphatic rings. The molecule has 88 valence electrons. The number of benzene rings is 1. The molecule has 5 nitrogen and oxygen atoms in total. The number of hydrogen-bond donors (Lipinski definition) is 1. The first kappa shape index (κ1) is 14.3. The first-order chi connectivity index (χ1) is 7.56. The minimum Gasteiger partial charge on any atom is -0.480 e. The zero-order chi connectivity index (χ0) is 12.4. The number of aliphatic carboxylic acids is 1. The molecule has 0 saturated carbocycles. The van der Waals surface area contributed by atoms with Crippen molar-refractivity contribution in [2.45, 2.75) is 13.3 Å². The zero-order valence-electron chi connectivity index (χ0n) is 8.83. The van der Waals surface area contributed by atoms with Crippen LogP contribution in [0.1, 0.15) is 12.5 Å². The molecule has 1 aromatic rings. The third kappa shape index (κ3) is 8.89. The van der Waals surface area contributed by atoms with E-state index in [0.717, 1.165) is 6.42 Å². The summed E-state index contributed by atoms with van der Waals surface area (Å²) in [5.74, 6) is -1.26. The number of carboxylic acid groups (broad SMARTS) is 1. The Morgan fingerprint density at radius 1 is 1.31 bits per heavy atom. The van der Waals surface area contributed by atoms with E-state index in [9.17, 15) is 13.2 Å². The summed E-state index contributed by atoms with van der Waals surface area (Å²) in [4.78, 5) is 9.54. The summed E-state index contributed by atoms with van der Waals surface area (Å²) in [5.41, 5.74) is 1.41. The molecule has 0 radical (unpaired) electrons. The lowest BCUT2D eigenvalue weighted by Crippen LogP contribution is -1.97. The molecule has 0 saturated heterocycles. The van der Waals surface area contributed by atoms with Crippen molar-refractivity contribution >= 4 is 16.5 Å². The van der Waals surface area contributed by atoms with Gasteiger partial charge in [-0.2, -0.15) is 12.8 Å². The van der Waals surface area contributed by atoms with E-state index in [1.54, 1.807) is 0 Å². The molecule has 0 atom stereocenters. The van der Waals surface area contributed by atoms with Crippen molar-refractivity contribution in [2.24, 2.45) is 4.36 Å². The number of aryl methyl sites for hydroxylation is 1. The van der Waals surface area contributed by atoms with Gasteiger partial charge in [-0.25, -0.2) is 0 Å². The molecular weight excluding hydrogens is 230 g/mol. The molecule has 1 rings (SSSR count). The smallest absolute Gasteiger partial charge is 0.326 e. The van der Waals surface area contributed by atoms with Gasteiger partial charge in [0.1, 0.15) is 0 Å². The quantitative estimate of drug-likeness (QED) is 0.869. The summed E-state index contributed by atoms with van der Waals surface area (Å²) in [7, 11) is -2.59. The van der Waals surface area contributed by atoms with Crippen LogP contribution in [0.5, 0.6) is 0 Å². The second-order valence-electron chi connectivity index (χ2n) is 2.74. The molecular formula is C10H13NO4S. The molecule has 0 unspecified atom stereocenters. The Bertz CT molecular complexity index is 431. The Morgan fingerprint density at radius 2 is 1.88 bits per heavy atom. The Morgan fingerprint density at radius 3 is 2.12 bits per heavy atom. The average molecular weight is 243 g/mol. The number of carbonyl (C=O) groups is 1. The summed E-state index contributed by atoms with van der Waals surface area (Å²) >= 11 is 0. The molecule has 1 aromatic carbocycles. The molecule has 0 aliphatic carbocycles. The molecule has 0 amide bonds. The first-order valence-corrected chi connectivity index (χ1v) is 5.62. The van der Waals surface area contributed by atoms with Crippen molar-refractivity contribution in [3.05, 3.63) is 35.9 Å². The van der Waals surface area contributed by atoms with Gasteiger partial charge < -0.3 is 5.11 Å². The largest absolute Gasteiger partial charge is 0.480 e. The summed E-state index contributed by atoms with van der Waals surface area (Å²) in [6, 6.07) is 10.5. The SMILES string of the molecule is CCc1ccccc1.O=C(O)CN=S(=O)=O. The van der Waals surface area contributed by atoms with Gasteiger partial charge in [-0.3, -0.25) is 4.79 Å². The Balaban J connectivity index is 0.000000281. The maximum atomic E-state index is 9.54. The van der Waals surface area contributed by atoms with E-state index in [-0.39, 0.29) is 0 Å². The molecule has 0 bridgehead atoms.